The monoisotopic (exact) mass is 457 g/mol. The van der Waals surface area contributed by atoms with E-state index in [0.717, 1.165) is 22.6 Å². The highest BCUT2D eigenvalue weighted by Crippen LogP contribution is 2.32. The number of alkyl halides is 3. The molecule has 0 saturated heterocycles. The Bertz CT molecular complexity index is 1330. The van der Waals surface area contributed by atoms with Crippen molar-refractivity contribution >= 4 is 33.1 Å². The Morgan fingerprint density at radius 3 is 2.56 bits per heavy atom. The smallest absolute Gasteiger partial charge is 0.324 e. The number of thiophene rings is 1. The first-order chi connectivity index (χ1) is 15.3. The quantitative estimate of drug-likeness (QED) is 0.416. The average Bonchev–Trinajstić information content (AvgIpc) is 3.21. The van der Waals surface area contributed by atoms with E-state index in [1.165, 1.54) is 34.4 Å². The maximum atomic E-state index is 13.1. The second-order valence-corrected chi connectivity index (χ2v) is 8.18. The number of carbonyl (C=O) groups is 1. The summed E-state index contributed by atoms with van der Waals surface area (Å²) in [6.45, 7) is 1.72. The van der Waals surface area contributed by atoms with Gasteiger partial charge in [0, 0.05) is 10.6 Å². The molecular weight excluding hydrogens is 439 g/mol. The number of anilines is 1. The zero-order valence-corrected chi connectivity index (χ0v) is 17.7. The van der Waals surface area contributed by atoms with E-state index in [-0.39, 0.29) is 17.7 Å². The number of benzene rings is 2. The van der Waals surface area contributed by atoms with Crippen LogP contribution in [0.1, 0.15) is 24.9 Å². The first-order valence-electron chi connectivity index (χ1n) is 9.82. The molecule has 1 amide bonds. The fourth-order valence-electron chi connectivity index (χ4n) is 3.41. The topological polar surface area (TPSA) is 64.0 Å². The summed E-state index contributed by atoms with van der Waals surface area (Å²) in [6.07, 6.45) is -2.95. The van der Waals surface area contributed by atoms with Crippen LogP contribution in [0.2, 0.25) is 0 Å². The summed E-state index contributed by atoms with van der Waals surface area (Å²) in [7, 11) is 0. The minimum Gasteiger partial charge on any atom is -0.324 e. The number of carbonyl (C=O) groups excluding carboxylic acids is 1. The van der Waals surface area contributed by atoms with E-state index < -0.39 is 23.7 Å². The molecule has 0 bridgehead atoms. The van der Waals surface area contributed by atoms with Gasteiger partial charge in [-0.3, -0.25) is 14.2 Å². The van der Waals surface area contributed by atoms with Gasteiger partial charge in [-0.15, -0.1) is 11.3 Å². The van der Waals surface area contributed by atoms with Crippen molar-refractivity contribution in [1.29, 1.82) is 0 Å². The van der Waals surface area contributed by atoms with E-state index in [0.29, 0.717) is 10.2 Å². The van der Waals surface area contributed by atoms with Crippen molar-refractivity contribution in [3.8, 4) is 10.4 Å². The van der Waals surface area contributed by atoms with Crippen molar-refractivity contribution in [3.63, 3.8) is 0 Å². The fourth-order valence-corrected chi connectivity index (χ4v) is 4.41. The lowest BCUT2D eigenvalue weighted by atomic mass is 10.1. The van der Waals surface area contributed by atoms with Crippen LogP contribution in [0.25, 0.3) is 20.7 Å². The summed E-state index contributed by atoms with van der Waals surface area (Å²) in [4.78, 5) is 31.7. The normalized spacial score (nSPS) is 12.6. The molecule has 0 aliphatic heterocycles. The number of amides is 1. The Balaban J connectivity index is 1.65. The number of aromatic nitrogens is 2. The van der Waals surface area contributed by atoms with Gasteiger partial charge < -0.3 is 5.32 Å². The Hall–Kier alpha value is -3.46. The van der Waals surface area contributed by atoms with Gasteiger partial charge in [-0.1, -0.05) is 43.3 Å². The lowest BCUT2D eigenvalue weighted by Crippen LogP contribution is -2.33. The highest BCUT2D eigenvalue weighted by molar-refractivity contribution is 7.21. The van der Waals surface area contributed by atoms with Crippen LogP contribution in [0, 0.1) is 0 Å². The van der Waals surface area contributed by atoms with Crippen LogP contribution in [0.3, 0.4) is 0 Å². The van der Waals surface area contributed by atoms with Gasteiger partial charge in [0.2, 0.25) is 5.91 Å². The molecule has 32 heavy (non-hydrogen) atoms. The van der Waals surface area contributed by atoms with E-state index in [4.69, 9.17) is 0 Å². The molecule has 4 aromatic rings. The minimum atomic E-state index is -4.52. The highest BCUT2D eigenvalue weighted by Gasteiger charge is 2.31. The molecule has 2 aromatic heterocycles. The largest absolute Gasteiger partial charge is 0.416 e. The molecule has 0 aliphatic carbocycles. The van der Waals surface area contributed by atoms with Gasteiger partial charge in [0.25, 0.3) is 5.56 Å². The van der Waals surface area contributed by atoms with Crippen molar-refractivity contribution in [1.82, 2.24) is 9.55 Å². The van der Waals surface area contributed by atoms with E-state index in [2.05, 4.69) is 10.3 Å². The Morgan fingerprint density at radius 2 is 1.88 bits per heavy atom. The number of fused-ring (bicyclic) bond motifs is 1. The van der Waals surface area contributed by atoms with Crippen molar-refractivity contribution in [3.05, 3.63) is 82.9 Å². The summed E-state index contributed by atoms with van der Waals surface area (Å²) in [6, 6.07) is 14.8. The van der Waals surface area contributed by atoms with Crippen LogP contribution in [0.4, 0.5) is 18.9 Å². The maximum Gasteiger partial charge on any atom is 0.416 e. The number of rotatable bonds is 5. The third-order valence-electron chi connectivity index (χ3n) is 5.02. The third kappa shape index (κ3) is 4.29. The zero-order chi connectivity index (χ0) is 22.9. The van der Waals surface area contributed by atoms with Gasteiger partial charge in [0.1, 0.15) is 10.9 Å². The van der Waals surface area contributed by atoms with E-state index in [1.54, 1.807) is 13.0 Å². The van der Waals surface area contributed by atoms with E-state index >= 15 is 0 Å². The molecule has 2 heterocycles. The first kappa shape index (κ1) is 21.8. The average molecular weight is 457 g/mol. The third-order valence-corrected chi connectivity index (χ3v) is 6.11. The second-order valence-electron chi connectivity index (χ2n) is 7.14. The molecule has 164 valence electrons. The predicted octanol–water partition coefficient (Wildman–Crippen LogP) is 5.73. The zero-order valence-electron chi connectivity index (χ0n) is 16.9. The van der Waals surface area contributed by atoms with Gasteiger partial charge in [0.05, 0.1) is 17.3 Å². The molecule has 1 N–H and O–H groups in total. The predicted molar refractivity (Wildman–Crippen MR) is 119 cm³/mol. The summed E-state index contributed by atoms with van der Waals surface area (Å²) < 4.78 is 40.1. The molecular formula is C23H18F3N3O2S. The Labute approximate surface area is 185 Å². The van der Waals surface area contributed by atoms with Crippen molar-refractivity contribution < 1.29 is 18.0 Å². The van der Waals surface area contributed by atoms with Gasteiger partial charge >= 0.3 is 6.18 Å². The molecule has 4 rings (SSSR count). The van der Waals surface area contributed by atoms with Gasteiger partial charge in [-0.2, -0.15) is 13.2 Å². The molecule has 0 fully saturated rings. The number of halogens is 3. The van der Waals surface area contributed by atoms with Crippen LogP contribution in [-0.4, -0.2) is 15.5 Å². The molecule has 5 nitrogen and oxygen atoms in total. The standard InChI is InChI=1S/C23H18F3N3O2S/c1-2-18(20(30)28-16-10-6-9-15(11-16)23(24,25)26)29-13-27-21-17(22(29)31)12-19(32-21)14-7-4-3-5-8-14/h3-13,18H,2H2,1H3,(H,28,30). The molecule has 0 spiro atoms. The van der Waals surface area contributed by atoms with Crippen LogP contribution >= 0.6 is 11.3 Å². The summed E-state index contributed by atoms with van der Waals surface area (Å²) >= 11 is 1.38. The van der Waals surface area contributed by atoms with E-state index in [9.17, 15) is 22.8 Å². The Morgan fingerprint density at radius 1 is 1.12 bits per heavy atom. The molecule has 0 aliphatic rings. The lowest BCUT2D eigenvalue weighted by molar-refractivity contribution is -0.137. The van der Waals surface area contributed by atoms with E-state index in [1.807, 2.05) is 30.3 Å². The van der Waals surface area contributed by atoms with Crippen molar-refractivity contribution in [2.45, 2.75) is 25.6 Å². The van der Waals surface area contributed by atoms with Crippen LogP contribution in [-0.2, 0) is 11.0 Å². The van der Waals surface area contributed by atoms with Gasteiger partial charge in [-0.05, 0) is 36.2 Å². The molecule has 1 unspecified atom stereocenters. The molecule has 0 radical (unpaired) electrons. The molecule has 2 aromatic carbocycles. The number of nitrogens with one attached hydrogen (secondary N) is 1. The summed E-state index contributed by atoms with van der Waals surface area (Å²) in [5.74, 6) is -0.589. The number of hydrogen-bond acceptors (Lipinski definition) is 4. The SMILES string of the molecule is CCC(C(=O)Nc1cccc(C(F)(F)F)c1)n1cnc2sc(-c3ccccc3)cc2c1=O. The van der Waals surface area contributed by atoms with Gasteiger partial charge in [-0.25, -0.2) is 4.98 Å². The minimum absolute atomic E-state index is 0.00672. The Kier molecular flexibility index (Phi) is 5.84. The van der Waals surface area contributed by atoms with Crippen LogP contribution in [0.15, 0.2) is 71.8 Å². The lowest BCUT2D eigenvalue weighted by Gasteiger charge is -2.18. The second kappa shape index (κ2) is 8.58. The maximum absolute atomic E-state index is 13.1. The fraction of sp³-hybridized carbons (Fsp3) is 0.174. The van der Waals surface area contributed by atoms with Crippen LogP contribution < -0.4 is 10.9 Å². The van der Waals surface area contributed by atoms with Crippen molar-refractivity contribution in [2.24, 2.45) is 0 Å². The summed E-state index contributed by atoms with van der Waals surface area (Å²) in [5, 5.41) is 2.88. The summed E-state index contributed by atoms with van der Waals surface area (Å²) in [5.41, 5.74) is -0.280. The van der Waals surface area contributed by atoms with Crippen molar-refractivity contribution in [2.75, 3.05) is 5.32 Å². The van der Waals surface area contributed by atoms with Gasteiger partial charge in [0.15, 0.2) is 0 Å². The number of nitrogens with zero attached hydrogens (tertiary/aromatic N) is 2. The molecule has 9 heteroatoms. The first-order valence-corrected chi connectivity index (χ1v) is 10.6. The molecule has 1 atom stereocenters. The number of hydrogen-bond donors (Lipinski definition) is 1. The van der Waals surface area contributed by atoms with Crippen LogP contribution in [0.5, 0.6) is 0 Å². The molecule has 0 saturated carbocycles. The highest BCUT2D eigenvalue weighted by atomic mass is 32.1.